The maximum atomic E-state index is 12.6. The minimum absolute atomic E-state index is 0.112. The summed E-state index contributed by atoms with van der Waals surface area (Å²) in [5.41, 5.74) is 0.521. The number of amides is 2. The lowest BCUT2D eigenvalue weighted by atomic mass is 10.2. The molecule has 0 aliphatic carbocycles. The van der Waals surface area contributed by atoms with Crippen LogP contribution in [-0.4, -0.2) is 17.9 Å². The molecule has 1 atom stereocenters. The lowest BCUT2D eigenvalue weighted by Crippen LogP contribution is -2.37. The summed E-state index contributed by atoms with van der Waals surface area (Å²) in [6.07, 6.45) is 0.882. The second kappa shape index (κ2) is 4.30. The van der Waals surface area contributed by atoms with Crippen molar-refractivity contribution in [1.29, 1.82) is 0 Å². The third-order valence-corrected chi connectivity index (χ3v) is 2.42. The van der Waals surface area contributed by atoms with Crippen molar-refractivity contribution < 1.29 is 14.0 Å². The maximum absolute atomic E-state index is 12.6. The summed E-state index contributed by atoms with van der Waals surface area (Å²) in [5, 5.41) is 5.17. The zero-order valence-electron chi connectivity index (χ0n) is 8.50. The van der Waals surface area contributed by atoms with Gasteiger partial charge in [-0.05, 0) is 30.7 Å². The molecular weight excluding hydrogens is 211 g/mol. The normalized spacial score (nSPS) is 19.3. The number of hydrogen-bond acceptors (Lipinski definition) is 2. The van der Waals surface area contributed by atoms with Gasteiger partial charge in [0.1, 0.15) is 11.9 Å². The first-order chi connectivity index (χ1) is 7.65. The zero-order valence-corrected chi connectivity index (χ0v) is 8.50. The van der Waals surface area contributed by atoms with Crippen molar-refractivity contribution in [3.63, 3.8) is 0 Å². The predicted molar refractivity (Wildman–Crippen MR) is 56.2 cm³/mol. The zero-order chi connectivity index (χ0) is 11.5. The highest BCUT2D eigenvalue weighted by Gasteiger charge is 2.26. The van der Waals surface area contributed by atoms with E-state index in [9.17, 15) is 14.0 Å². The summed E-state index contributed by atoms with van der Waals surface area (Å²) >= 11 is 0. The molecule has 0 spiro atoms. The van der Waals surface area contributed by atoms with Crippen LogP contribution in [-0.2, 0) is 9.59 Å². The molecule has 2 amide bonds. The van der Waals surface area contributed by atoms with Gasteiger partial charge in [-0.3, -0.25) is 9.59 Å². The van der Waals surface area contributed by atoms with E-state index in [1.807, 2.05) is 0 Å². The summed E-state index contributed by atoms with van der Waals surface area (Å²) in [6, 6.07) is 5.01. The number of benzene rings is 1. The van der Waals surface area contributed by atoms with Gasteiger partial charge in [0, 0.05) is 12.1 Å². The van der Waals surface area contributed by atoms with E-state index in [0.29, 0.717) is 18.5 Å². The number of anilines is 1. The van der Waals surface area contributed by atoms with E-state index in [1.54, 1.807) is 0 Å². The largest absolute Gasteiger partial charge is 0.344 e. The smallest absolute Gasteiger partial charge is 0.246 e. The van der Waals surface area contributed by atoms with Gasteiger partial charge in [0.15, 0.2) is 0 Å². The van der Waals surface area contributed by atoms with E-state index < -0.39 is 6.04 Å². The van der Waals surface area contributed by atoms with E-state index >= 15 is 0 Å². The average Bonchev–Trinajstić information content (AvgIpc) is 2.68. The average molecular weight is 222 g/mol. The van der Waals surface area contributed by atoms with E-state index in [2.05, 4.69) is 10.6 Å². The molecule has 0 radical (unpaired) electrons. The molecule has 2 N–H and O–H groups in total. The summed E-state index contributed by atoms with van der Waals surface area (Å²) < 4.78 is 12.6. The van der Waals surface area contributed by atoms with Crippen LogP contribution in [0.15, 0.2) is 24.3 Å². The number of carbonyl (C=O) groups excluding carboxylic acids is 2. The van der Waals surface area contributed by atoms with Gasteiger partial charge in [-0.15, -0.1) is 0 Å². The van der Waals surface area contributed by atoms with Crippen molar-refractivity contribution in [1.82, 2.24) is 5.32 Å². The molecule has 2 rings (SSSR count). The Morgan fingerprint density at radius 2 is 2.06 bits per heavy atom. The molecule has 1 saturated heterocycles. The Kier molecular flexibility index (Phi) is 2.85. The second-order valence-corrected chi connectivity index (χ2v) is 3.65. The molecule has 1 heterocycles. The molecule has 1 fully saturated rings. The van der Waals surface area contributed by atoms with Crippen LogP contribution < -0.4 is 10.6 Å². The molecule has 1 aromatic carbocycles. The molecule has 84 valence electrons. The Morgan fingerprint density at radius 3 is 2.62 bits per heavy atom. The fourth-order valence-corrected chi connectivity index (χ4v) is 1.57. The highest BCUT2D eigenvalue weighted by atomic mass is 19.1. The second-order valence-electron chi connectivity index (χ2n) is 3.65. The number of nitrogens with one attached hydrogen (secondary N) is 2. The van der Waals surface area contributed by atoms with Gasteiger partial charge in [0.25, 0.3) is 0 Å². The quantitative estimate of drug-likeness (QED) is 0.785. The highest BCUT2D eigenvalue weighted by molar-refractivity contribution is 5.98. The maximum Gasteiger partial charge on any atom is 0.246 e. The van der Waals surface area contributed by atoms with Gasteiger partial charge in [0.2, 0.25) is 11.8 Å². The monoisotopic (exact) mass is 222 g/mol. The topological polar surface area (TPSA) is 58.2 Å². The SMILES string of the molecule is O=C1CCC(C(=O)Nc2ccc(F)cc2)N1. The van der Waals surface area contributed by atoms with Gasteiger partial charge in [0.05, 0.1) is 0 Å². The molecule has 16 heavy (non-hydrogen) atoms. The van der Waals surface area contributed by atoms with Crippen molar-refractivity contribution in [2.75, 3.05) is 5.32 Å². The van der Waals surface area contributed by atoms with Crippen LogP contribution in [0, 0.1) is 5.82 Å². The van der Waals surface area contributed by atoms with Crippen molar-refractivity contribution in [2.24, 2.45) is 0 Å². The number of rotatable bonds is 2. The van der Waals surface area contributed by atoms with Crippen molar-refractivity contribution in [3.05, 3.63) is 30.1 Å². The van der Waals surface area contributed by atoms with Crippen molar-refractivity contribution in [3.8, 4) is 0 Å². The Bertz CT molecular complexity index is 416. The Morgan fingerprint density at radius 1 is 1.38 bits per heavy atom. The molecule has 1 aliphatic heterocycles. The summed E-state index contributed by atoms with van der Waals surface area (Å²) in [4.78, 5) is 22.5. The van der Waals surface area contributed by atoms with Crippen molar-refractivity contribution >= 4 is 17.5 Å². The van der Waals surface area contributed by atoms with E-state index in [4.69, 9.17) is 0 Å². The third-order valence-electron chi connectivity index (χ3n) is 2.42. The van der Waals surface area contributed by atoms with Crippen LogP contribution >= 0.6 is 0 Å². The summed E-state index contributed by atoms with van der Waals surface area (Å²) in [5.74, 6) is -0.733. The third kappa shape index (κ3) is 2.36. The first-order valence-electron chi connectivity index (χ1n) is 5.01. The van der Waals surface area contributed by atoms with Gasteiger partial charge in [-0.1, -0.05) is 0 Å². The van der Waals surface area contributed by atoms with E-state index in [-0.39, 0.29) is 17.6 Å². The first-order valence-corrected chi connectivity index (χ1v) is 5.01. The molecular formula is C11H11FN2O2. The Labute approximate surface area is 91.8 Å². The summed E-state index contributed by atoms with van der Waals surface area (Å²) in [7, 11) is 0. The van der Waals surface area contributed by atoms with Crippen LogP contribution in [0.4, 0.5) is 10.1 Å². The van der Waals surface area contributed by atoms with Crippen LogP contribution in [0.25, 0.3) is 0 Å². The minimum atomic E-state index is -0.474. The number of halogens is 1. The van der Waals surface area contributed by atoms with Crippen molar-refractivity contribution in [2.45, 2.75) is 18.9 Å². The molecule has 1 aromatic rings. The minimum Gasteiger partial charge on any atom is -0.344 e. The predicted octanol–water partition coefficient (Wildman–Crippen LogP) is 1.04. The highest BCUT2D eigenvalue weighted by Crippen LogP contribution is 2.12. The lowest BCUT2D eigenvalue weighted by molar-refractivity contribution is -0.122. The van der Waals surface area contributed by atoms with Gasteiger partial charge in [-0.2, -0.15) is 0 Å². The number of carbonyl (C=O) groups is 2. The van der Waals surface area contributed by atoms with E-state index in [0.717, 1.165) is 0 Å². The summed E-state index contributed by atoms with van der Waals surface area (Å²) in [6.45, 7) is 0. The molecule has 0 saturated carbocycles. The lowest BCUT2D eigenvalue weighted by Gasteiger charge is -2.10. The van der Waals surface area contributed by atoms with Crippen LogP contribution in [0.1, 0.15) is 12.8 Å². The van der Waals surface area contributed by atoms with Gasteiger partial charge >= 0.3 is 0 Å². The fraction of sp³-hybridized carbons (Fsp3) is 0.273. The molecule has 5 heteroatoms. The molecule has 0 aromatic heterocycles. The molecule has 1 aliphatic rings. The first kappa shape index (κ1) is 10.6. The van der Waals surface area contributed by atoms with Crippen LogP contribution in [0.5, 0.6) is 0 Å². The molecule has 0 bridgehead atoms. The Hall–Kier alpha value is -1.91. The standard InChI is InChI=1S/C11H11FN2O2/c12-7-1-3-8(4-2-7)13-11(16)9-5-6-10(15)14-9/h1-4,9H,5-6H2,(H,13,16)(H,14,15). The van der Waals surface area contributed by atoms with Gasteiger partial charge < -0.3 is 10.6 Å². The Balaban J connectivity index is 1.97. The number of hydrogen-bond donors (Lipinski definition) is 2. The van der Waals surface area contributed by atoms with E-state index in [1.165, 1.54) is 24.3 Å². The van der Waals surface area contributed by atoms with Crippen LogP contribution in [0.3, 0.4) is 0 Å². The van der Waals surface area contributed by atoms with Crippen LogP contribution in [0.2, 0.25) is 0 Å². The molecule has 1 unspecified atom stereocenters. The fourth-order valence-electron chi connectivity index (χ4n) is 1.57. The van der Waals surface area contributed by atoms with Gasteiger partial charge in [-0.25, -0.2) is 4.39 Å². The molecule has 4 nitrogen and oxygen atoms in total.